The number of carbonyl (C=O) groups excluding carboxylic acids is 4. The zero-order chi connectivity index (χ0) is 29.2. The highest BCUT2D eigenvalue weighted by molar-refractivity contribution is 9.10. The van der Waals surface area contributed by atoms with Crippen LogP contribution in [0.5, 0.6) is 11.5 Å². The Bertz CT molecular complexity index is 1450. The molecule has 0 spiro atoms. The van der Waals surface area contributed by atoms with Crippen LogP contribution < -0.4 is 25.5 Å². The smallest absolute Gasteiger partial charge is 0.343 e. The Kier molecular flexibility index (Phi) is 10.2. The number of hydrazone groups is 1. The summed E-state index contributed by atoms with van der Waals surface area (Å²) in [6.07, 6.45) is 6.38. The van der Waals surface area contributed by atoms with E-state index in [4.69, 9.17) is 9.47 Å². The van der Waals surface area contributed by atoms with Gasteiger partial charge < -0.3 is 20.1 Å². The predicted octanol–water partition coefficient (Wildman–Crippen LogP) is 4.83. The van der Waals surface area contributed by atoms with Gasteiger partial charge in [0.15, 0.2) is 0 Å². The summed E-state index contributed by atoms with van der Waals surface area (Å²) in [4.78, 5) is 50.5. The first-order chi connectivity index (χ1) is 19.8. The molecule has 3 aromatic carbocycles. The third-order valence-electron chi connectivity index (χ3n) is 6.44. The first-order valence-corrected chi connectivity index (χ1v) is 13.8. The van der Waals surface area contributed by atoms with E-state index in [1.807, 2.05) is 0 Å². The van der Waals surface area contributed by atoms with Gasteiger partial charge in [-0.1, -0.05) is 47.3 Å². The lowest BCUT2D eigenvalue weighted by atomic mass is 9.95. The van der Waals surface area contributed by atoms with Crippen molar-refractivity contribution < 1.29 is 28.7 Å². The number of ether oxygens (including phenoxy) is 2. The minimum absolute atomic E-state index is 0.0936. The van der Waals surface area contributed by atoms with Gasteiger partial charge in [0.25, 0.3) is 5.91 Å². The van der Waals surface area contributed by atoms with Crippen LogP contribution in [-0.2, 0) is 9.59 Å². The predicted molar refractivity (Wildman–Crippen MR) is 157 cm³/mol. The number of amides is 3. The number of methoxy groups -OCH3 is 1. The second-order valence-corrected chi connectivity index (χ2v) is 10.2. The molecule has 0 atom stereocenters. The van der Waals surface area contributed by atoms with E-state index in [0.717, 1.165) is 32.1 Å². The standard InChI is InChI=1S/C30H29BrN4O6/c1-40-23-14-11-19(12-15-23)30(39)41-26-16-13-21(31)17-20(26)18-32-35-29(38)28(37)34-25-10-6-5-9-24(25)27(36)33-22-7-3-2-4-8-22/h5-6,9-18,22H,2-4,7-8H2,1H3,(H,33,36)(H,34,37)(H,35,38)/b32-18-. The number of nitrogens with zero attached hydrogens (tertiary/aromatic N) is 1. The van der Waals surface area contributed by atoms with Gasteiger partial charge in [0.05, 0.1) is 30.1 Å². The molecule has 0 bridgehead atoms. The molecule has 3 amide bonds. The molecule has 11 heteroatoms. The molecular formula is C30H29BrN4O6. The number of rotatable bonds is 8. The molecule has 212 valence electrons. The van der Waals surface area contributed by atoms with Crippen LogP contribution in [0.25, 0.3) is 0 Å². The van der Waals surface area contributed by atoms with Gasteiger partial charge in [-0.2, -0.15) is 5.10 Å². The van der Waals surface area contributed by atoms with E-state index in [9.17, 15) is 19.2 Å². The van der Waals surface area contributed by atoms with Gasteiger partial charge in [-0.3, -0.25) is 14.4 Å². The van der Waals surface area contributed by atoms with E-state index in [0.29, 0.717) is 21.3 Å². The van der Waals surface area contributed by atoms with Crippen LogP contribution in [0.3, 0.4) is 0 Å². The number of nitrogens with one attached hydrogen (secondary N) is 3. The summed E-state index contributed by atoms with van der Waals surface area (Å²) in [5.41, 5.74) is 3.32. The normalized spacial score (nSPS) is 13.3. The summed E-state index contributed by atoms with van der Waals surface area (Å²) in [6.45, 7) is 0. The first kappa shape index (κ1) is 29.5. The summed E-state index contributed by atoms with van der Waals surface area (Å²) in [5, 5.41) is 9.34. The maximum absolute atomic E-state index is 12.8. The highest BCUT2D eigenvalue weighted by Crippen LogP contribution is 2.24. The number of benzene rings is 3. The molecule has 4 rings (SSSR count). The Hall–Kier alpha value is -4.51. The maximum atomic E-state index is 12.8. The highest BCUT2D eigenvalue weighted by Gasteiger charge is 2.21. The van der Waals surface area contributed by atoms with E-state index in [1.165, 1.54) is 13.3 Å². The molecule has 1 saturated carbocycles. The molecule has 1 fully saturated rings. The molecule has 41 heavy (non-hydrogen) atoms. The third-order valence-corrected chi connectivity index (χ3v) is 6.93. The molecule has 0 aromatic heterocycles. The van der Waals surface area contributed by atoms with E-state index in [-0.39, 0.29) is 28.9 Å². The number of hydrogen-bond acceptors (Lipinski definition) is 7. The van der Waals surface area contributed by atoms with Crippen molar-refractivity contribution in [2.45, 2.75) is 38.1 Å². The van der Waals surface area contributed by atoms with Crippen LogP contribution in [0.2, 0.25) is 0 Å². The molecule has 0 radical (unpaired) electrons. The molecular weight excluding hydrogens is 592 g/mol. The molecule has 1 aliphatic carbocycles. The molecule has 3 aromatic rings. The van der Waals surface area contributed by atoms with Gasteiger partial charge in [-0.05, 0) is 67.4 Å². The Labute approximate surface area is 245 Å². The van der Waals surface area contributed by atoms with Crippen LogP contribution in [0, 0.1) is 0 Å². The van der Waals surface area contributed by atoms with Crippen molar-refractivity contribution in [1.82, 2.24) is 10.7 Å². The minimum atomic E-state index is -1.05. The zero-order valence-corrected chi connectivity index (χ0v) is 23.9. The van der Waals surface area contributed by atoms with Crippen molar-refractivity contribution in [2.24, 2.45) is 5.10 Å². The zero-order valence-electron chi connectivity index (χ0n) is 22.3. The van der Waals surface area contributed by atoms with E-state index >= 15 is 0 Å². The lowest BCUT2D eigenvalue weighted by molar-refractivity contribution is -0.136. The second kappa shape index (κ2) is 14.2. The van der Waals surface area contributed by atoms with Crippen molar-refractivity contribution in [1.29, 1.82) is 0 Å². The Morgan fingerprint density at radius 2 is 1.66 bits per heavy atom. The first-order valence-electron chi connectivity index (χ1n) is 13.0. The van der Waals surface area contributed by atoms with Crippen LogP contribution in [0.1, 0.15) is 58.4 Å². The van der Waals surface area contributed by atoms with Crippen LogP contribution >= 0.6 is 15.9 Å². The van der Waals surface area contributed by atoms with Crippen molar-refractivity contribution >= 4 is 51.5 Å². The van der Waals surface area contributed by atoms with Crippen molar-refractivity contribution in [3.05, 3.63) is 87.9 Å². The largest absolute Gasteiger partial charge is 0.497 e. The van der Waals surface area contributed by atoms with Crippen LogP contribution in [0.4, 0.5) is 5.69 Å². The van der Waals surface area contributed by atoms with E-state index in [1.54, 1.807) is 66.7 Å². The second-order valence-electron chi connectivity index (χ2n) is 9.31. The Morgan fingerprint density at radius 3 is 2.39 bits per heavy atom. The summed E-state index contributed by atoms with van der Waals surface area (Å²) in [7, 11) is 1.53. The van der Waals surface area contributed by atoms with Gasteiger partial charge in [-0.15, -0.1) is 0 Å². The molecule has 0 heterocycles. The fourth-order valence-corrected chi connectivity index (χ4v) is 4.67. The maximum Gasteiger partial charge on any atom is 0.343 e. The lowest BCUT2D eigenvalue weighted by Gasteiger charge is -2.23. The monoisotopic (exact) mass is 620 g/mol. The fourth-order valence-electron chi connectivity index (χ4n) is 4.29. The molecule has 0 aliphatic heterocycles. The van der Waals surface area contributed by atoms with E-state index < -0.39 is 17.8 Å². The number of carbonyl (C=O) groups is 4. The van der Waals surface area contributed by atoms with Crippen LogP contribution in [-0.4, -0.2) is 43.1 Å². The topological polar surface area (TPSA) is 135 Å². The third kappa shape index (κ3) is 8.24. The molecule has 1 aliphatic rings. The van der Waals surface area contributed by atoms with E-state index in [2.05, 4.69) is 37.1 Å². The van der Waals surface area contributed by atoms with Gasteiger partial charge in [0.1, 0.15) is 11.5 Å². The van der Waals surface area contributed by atoms with Crippen molar-refractivity contribution in [2.75, 3.05) is 12.4 Å². The summed E-state index contributed by atoms with van der Waals surface area (Å²) in [5.74, 6) is -2.16. The minimum Gasteiger partial charge on any atom is -0.497 e. The van der Waals surface area contributed by atoms with Crippen molar-refractivity contribution in [3.63, 3.8) is 0 Å². The number of anilines is 1. The Morgan fingerprint density at radius 1 is 0.927 bits per heavy atom. The molecule has 0 saturated heterocycles. The number of esters is 1. The van der Waals surface area contributed by atoms with Gasteiger partial charge in [0, 0.05) is 16.1 Å². The molecule has 0 unspecified atom stereocenters. The van der Waals surface area contributed by atoms with Crippen molar-refractivity contribution in [3.8, 4) is 11.5 Å². The summed E-state index contributed by atoms with van der Waals surface area (Å²) in [6, 6.07) is 17.9. The van der Waals surface area contributed by atoms with Gasteiger partial charge in [0.2, 0.25) is 0 Å². The quantitative estimate of drug-likeness (QED) is 0.109. The number of para-hydroxylation sites is 1. The fraction of sp³-hybridized carbons (Fsp3) is 0.233. The average Bonchev–Trinajstić information content (AvgIpc) is 2.99. The number of halogens is 1. The summed E-state index contributed by atoms with van der Waals surface area (Å²) < 4.78 is 11.3. The highest BCUT2D eigenvalue weighted by atomic mass is 79.9. The SMILES string of the molecule is COc1ccc(C(=O)Oc2ccc(Br)cc2/C=N\NC(=O)C(=O)Nc2ccccc2C(=O)NC2CCCCC2)cc1. The summed E-state index contributed by atoms with van der Waals surface area (Å²) >= 11 is 3.35. The molecule has 10 nitrogen and oxygen atoms in total. The lowest BCUT2D eigenvalue weighted by Crippen LogP contribution is -2.37. The Balaban J connectivity index is 1.38. The van der Waals surface area contributed by atoms with Crippen LogP contribution in [0.15, 0.2) is 76.3 Å². The molecule has 3 N–H and O–H groups in total. The number of hydrogen-bond donors (Lipinski definition) is 3. The average molecular weight is 621 g/mol. The van der Waals surface area contributed by atoms with Gasteiger partial charge >= 0.3 is 17.8 Å². The van der Waals surface area contributed by atoms with Gasteiger partial charge in [-0.25, -0.2) is 10.2 Å².